The predicted molar refractivity (Wildman–Crippen MR) is 80.7 cm³/mol. The summed E-state index contributed by atoms with van der Waals surface area (Å²) in [4.78, 5) is 15.9. The van der Waals surface area contributed by atoms with E-state index in [1.165, 1.54) is 6.07 Å². The molecule has 0 unspecified atom stereocenters. The van der Waals surface area contributed by atoms with Gasteiger partial charge in [0.2, 0.25) is 0 Å². The largest absolute Gasteiger partial charge is 0.506 e. The number of aromatic hydroxyl groups is 1. The van der Waals surface area contributed by atoms with E-state index in [9.17, 15) is 23.1 Å². The fourth-order valence-electron chi connectivity index (χ4n) is 2.67. The molecule has 0 saturated carbocycles. The third-order valence-electron chi connectivity index (χ3n) is 3.75. The molecule has 0 aliphatic rings. The molecule has 23 heavy (non-hydrogen) atoms. The minimum absolute atomic E-state index is 0.0614. The summed E-state index contributed by atoms with van der Waals surface area (Å²) in [5, 5.41) is 12.0. The molecule has 3 nitrogen and oxygen atoms in total. The SMILES string of the molecule is CCc1nc2c(ccc3ccccc32)c(O)c1C(=O)C(F)(F)F. The first-order chi connectivity index (χ1) is 10.8. The Kier molecular flexibility index (Phi) is 3.47. The number of ketones is 1. The van der Waals surface area contributed by atoms with Crippen LogP contribution in [0.3, 0.4) is 0 Å². The number of carbonyl (C=O) groups excluding carboxylic acids is 1. The van der Waals surface area contributed by atoms with Crippen molar-refractivity contribution in [3.05, 3.63) is 47.7 Å². The number of alkyl halides is 3. The van der Waals surface area contributed by atoms with Gasteiger partial charge in [0.05, 0.1) is 16.8 Å². The van der Waals surface area contributed by atoms with E-state index in [1.807, 2.05) is 12.1 Å². The number of aromatic nitrogens is 1. The Balaban J connectivity index is 2.42. The second kappa shape index (κ2) is 5.22. The normalized spacial score (nSPS) is 12.0. The molecule has 0 spiro atoms. The molecule has 118 valence electrons. The van der Waals surface area contributed by atoms with Crippen LogP contribution in [0.5, 0.6) is 5.75 Å². The number of pyridine rings is 1. The average Bonchev–Trinajstić information content (AvgIpc) is 2.52. The molecule has 3 aromatic rings. The van der Waals surface area contributed by atoms with Gasteiger partial charge in [0, 0.05) is 10.8 Å². The Morgan fingerprint density at radius 2 is 1.83 bits per heavy atom. The second-order valence-electron chi connectivity index (χ2n) is 5.15. The lowest BCUT2D eigenvalue weighted by Crippen LogP contribution is -2.24. The van der Waals surface area contributed by atoms with Gasteiger partial charge in [-0.2, -0.15) is 13.2 Å². The standard InChI is InChI=1S/C17H12F3NO2/c1-2-12-13(16(23)17(18,19)20)15(22)11-8-7-9-5-3-4-6-10(9)14(11)21-12/h3-8H,2H2,1H3,(H,21,22). The van der Waals surface area contributed by atoms with Crippen LogP contribution in [0.1, 0.15) is 23.0 Å². The lowest BCUT2D eigenvalue weighted by Gasteiger charge is -2.14. The van der Waals surface area contributed by atoms with Crippen LogP contribution in [0, 0.1) is 0 Å². The van der Waals surface area contributed by atoms with E-state index in [0.29, 0.717) is 10.9 Å². The van der Waals surface area contributed by atoms with E-state index >= 15 is 0 Å². The molecule has 1 N–H and O–H groups in total. The maximum absolute atomic E-state index is 12.8. The summed E-state index contributed by atoms with van der Waals surface area (Å²) in [6, 6.07) is 10.4. The number of nitrogens with zero attached hydrogens (tertiary/aromatic N) is 1. The first kappa shape index (κ1) is 15.3. The number of fused-ring (bicyclic) bond motifs is 3. The van der Waals surface area contributed by atoms with E-state index < -0.39 is 23.3 Å². The topological polar surface area (TPSA) is 50.2 Å². The molecule has 0 atom stereocenters. The van der Waals surface area contributed by atoms with Crippen molar-refractivity contribution in [2.45, 2.75) is 19.5 Å². The van der Waals surface area contributed by atoms with Crippen LogP contribution in [-0.2, 0) is 6.42 Å². The summed E-state index contributed by atoms with van der Waals surface area (Å²) < 4.78 is 38.4. The molecule has 6 heteroatoms. The number of Topliss-reactive ketones (excluding diaryl/α,β-unsaturated/α-hetero) is 1. The van der Waals surface area contributed by atoms with Crippen molar-refractivity contribution >= 4 is 27.5 Å². The van der Waals surface area contributed by atoms with Crippen LogP contribution in [0.4, 0.5) is 13.2 Å². The fraction of sp³-hybridized carbons (Fsp3) is 0.176. The molecule has 0 aliphatic carbocycles. The average molecular weight is 319 g/mol. The van der Waals surface area contributed by atoms with Crippen LogP contribution in [0.25, 0.3) is 21.7 Å². The van der Waals surface area contributed by atoms with E-state index in [1.54, 1.807) is 25.1 Å². The third-order valence-corrected chi connectivity index (χ3v) is 3.75. The van der Waals surface area contributed by atoms with Crippen LogP contribution in [0.15, 0.2) is 36.4 Å². The number of halogens is 3. The second-order valence-corrected chi connectivity index (χ2v) is 5.15. The van der Waals surface area contributed by atoms with Crippen molar-refractivity contribution < 1.29 is 23.1 Å². The molecule has 2 aromatic carbocycles. The van der Waals surface area contributed by atoms with Crippen molar-refractivity contribution in [1.29, 1.82) is 0 Å². The number of rotatable bonds is 2. The summed E-state index contributed by atoms with van der Waals surface area (Å²) in [6.07, 6.45) is -4.96. The lowest BCUT2D eigenvalue weighted by molar-refractivity contribution is -0.0887. The Bertz CT molecular complexity index is 932. The predicted octanol–water partition coefficient (Wildman–Crippen LogP) is 4.40. The van der Waals surface area contributed by atoms with E-state index in [0.717, 1.165) is 5.39 Å². The maximum atomic E-state index is 12.8. The lowest BCUT2D eigenvalue weighted by atomic mass is 9.99. The molecule has 0 aliphatic heterocycles. The van der Waals surface area contributed by atoms with Crippen molar-refractivity contribution in [3.8, 4) is 5.75 Å². The molecular weight excluding hydrogens is 307 g/mol. The van der Waals surface area contributed by atoms with Crippen molar-refractivity contribution in [1.82, 2.24) is 4.98 Å². The van der Waals surface area contributed by atoms with E-state index in [-0.39, 0.29) is 17.5 Å². The highest BCUT2D eigenvalue weighted by atomic mass is 19.4. The van der Waals surface area contributed by atoms with Crippen molar-refractivity contribution in [2.75, 3.05) is 0 Å². The quantitative estimate of drug-likeness (QED) is 0.562. The van der Waals surface area contributed by atoms with Crippen molar-refractivity contribution in [3.63, 3.8) is 0 Å². The smallest absolute Gasteiger partial charge is 0.455 e. The number of aryl methyl sites for hydroxylation is 1. The molecule has 0 amide bonds. The van der Waals surface area contributed by atoms with Gasteiger partial charge in [0.15, 0.2) is 0 Å². The van der Waals surface area contributed by atoms with Gasteiger partial charge in [-0.3, -0.25) is 9.78 Å². The Hall–Kier alpha value is -2.63. The zero-order valence-electron chi connectivity index (χ0n) is 12.1. The minimum Gasteiger partial charge on any atom is -0.506 e. The Labute approximate surface area is 129 Å². The van der Waals surface area contributed by atoms with E-state index in [2.05, 4.69) is 4.98 Å². The van der Waals surface area contributed by atoms with Crippen LogP contribution in [-0.4, -0.2) is 22.1 Å². The number of benzene rings is 2. The highest BCUT2D eigenvalue weighted by molar-refractivity contribution is 6.12. The zero-order valence-corrected chi connectivity index (χ0v) is 12.1. The highest BCUT2D eigenvalue weighted by Gasteiger charge is 2.42. The van der Waals surface area contributed by atoms with Gasteiger partial charge >= 0.3 is 6.18 Å². The molecule has 1 aromatic heterocycles. The van der Waals surface area contributed by atoms with Gasteiger partial charge in [0.25, 0.3) is 5.78 Å². The maximum Gasteiger partial charge on any atom is 0.455 e. The molecule has 0 fully saturated rings. The molecule has 1 heterocycles. The van der Waals surface area contributed by atoms with Gasteiger partial charge in [-0.15, -0.1) is 0 Å². The van der Waals surface area contributed by atoms with Crippen LogP contribution >= 0.6 is 0 Å². The third kappa shape index (κ3) is 2.40. The first-order valence-corrected chi connectivity index (χ1v) is 6.99. The summed E-state index contributed by atoms with van der Waals surface area (Å²) >= 11 is 0. The first-order valence-electron chi connectivity index (χ1n) is 6.99. The van der Waals surface area contributed by atoms with Gasteiger partial charge in [0.1, 0.15) is 5.75 Å². The van der Waals surface area contributed by atoms with Crippen molar-refractivity contribution in [2.24, 2.45) is 0 Å². The number of hydrogen-bond donors (Lipinski definition) is 1. The monoisotopic (exact) mass is 319 g/mol. The van der Waals surface area contributed by atoms with E-state index in [4.69, 9.17) is 0 Å². The Morgan fingerprint density at radius 3 is 2.48 bits per heavy atom. The molecule has 0 bridgehead atoms. The van der Waals surface area contributed by atoms with Gasteiger partial charge in [-0.1, -0.05) is 37.3 Å². The summed E-state index contributed by atoms with van der Waals surface area (Å²) in [5.41, 5.74) is -0.437. The Morgan fingerprint density at radius 1 is 1.13 bits per heavy atom. The number of carbonyl (C=O) groups is 1. The minimum atomic E-state index is -5.06. The van der Waals surface area contributed by atoms with Crippen LogP contribution < -0.4 is 0 Å². The van der Waals surface area contributed by atoms with Crippen LogP contribution in [0.2, 0.25) is 0 Å². The highest BCUT2D eigenvalue weighted by Crippen LogP contribution is 2.37. The zero-order chi connectivity index (χ0) is 16.8. The fourth-order valence-corrected chi connectivity index (χ4v) is 2.67. The van der Waals surface area contributed by atoms with Gasteiger partial charge in [-0.05, 0) is 17.9 Å². The van der Waals surface area contributed by atoms with Gasteiger partial charge < -0.3 is 5.11 Å². The molecule has 0 radical (unpaired) electrons. The molecule has 0 saturated heterocycles. The molecular formula is C17H12F3NO2. The van der Waals surface area contributed by atoms with Gasteiger partial charge in [-0.25, -0.2) is 0 Å². The molecule has 3 rings (SSSR count). The summed E-state index contributed by atoms with van der Waals surface area (Å²) in [6.45, 7) is 1.59. The number of hydrogen-bond acceptors (Lipinski definition) is 3. The summed E-state index contributed by atoms with van der Waals surface area (Å²) in [5.74, 6) is -2.74. The summed E-state index contributed by atoms with van der Waals surface area (Å²) in [7, 11) is 0.